The van der Waals surface area contributed by atoms with Crippen LogP contribution >= 0.6 is 0 Å². The molecule has 0 aliphatic carbocycles. The maximum absolute atomic E-state index is 10.2. The van der Waals surface area contributed by atoms with Gasteiger partial charge in [-0.3, -0.25) is 0 Å². The van der Waals surface area contributed by atoms with Gasteiger partial charge in [0.25, 0.3) is 0 Å². The van der Waals surface area contributed by atoms with E-state index in [-0.39, 0.29) is 0 Å². The molecule has 1 aromatic carbocycles. The van der Waals surface area contributed by atoms with Gasteiger partial charge in [0.2, 0.25) is 6.08 Å². The monoisotopic (exact) mass is 200 g/mol. The molecule has 5 nitrogen and oxygen atoms in total. The molecule has 0 unspecified atom stereocenters. The zero-order valence-corrected chi connectivity index (χ0v) is 8.08. The Hall–Kier alpha value is -2.26. The van der Waals surface area contributed by atoms with Crippen LogP contribution < -0.4 is 0 Å². The molecule has 0 saturated carbocycles. The largest absolute Gasteiger partial charge is 0.240 e. The molecule has 0 saturated heterocycles. The third-order valence-corrected chi connectivity index (χ3v) is 1.87. The molecule has 0 bridgehead atoms. The van der Waals surface area contributed by atoms with E-state index in [1.165, 1.54) is 10.9 Å². The first-order valence-electron chi connectivity index (χ1n) is 4.37. The highest BCUT2D eigenvalue weighted by atomic mass is 16.1. The minimum atomic E-state index is 0.503. The molecule has 0 aliphatic rings. The highest BCUT2D eigenvalue weighted by molar-refractivity contribution is 5.60. The topological polar surface area (TPSA) is 60.1 Å². The fourth-order valence-corrected chi connectivity index (χ4v) is 1.23. The van der Waals surface area contributed by atoms with E-state index in [2.05, 4.69) is 15.2 Å². The highest BCUT2D eigenvalue weighted by Gasteiger charge is 2.04. The first kappa shape index (κ1) is 9.30. The molecule has 1 heterocycles. The number of aryl methyl sites for hydroxylation is 1. The van der Waals surface area contributed by atoms with Gasteiger partial charge in [0.05, 0.1) is 11.9 Å². The third kappa shape index (κ3) is 1.82. The van der Waals surface area contributed by atoms with Crippen molar-refractivity contribution in [3.63, 3.8) is 0 Å². The zero-order chi connectivity index (χ0) is 10.7. The lowest BCUT2D eigenvalue weighted by Gasteiger charge is -2.01. The number of aromatic nitrogens is 3. The summed E-state index contributed by atoms with van der Waals surface area (Å²) in [5, 5.41) is 8.18. The second-order valence-corrected chi connectivity index (χ2v) is 2.97. The standard InChI is InChI=1S/C10H8N4O/c1-8-6-12-14(13-8)10-5-3-2-4-9(10)11-7-15/h2-6H,1H3. The number of aliphatic imine (C=N–C) groups is 1. The molecule has 0 radical (unpaired) electrons. The van der Waals surface area contributed by atoms with E-state index < -0.39 is 0 Å². The average molecular weight is 200 g/mol. The van der Waals surface area contributed by atoms with E-state index in [0.29, 0.717) is 11.4 Å². The fraction of sp³-hybridized carbons (Fsp3) is 0.100. The van der Waals surface area contributed by atoms with Crippen LogP contribution in [0.1, 0.15) is 5.69 Å². The van der Waals surface area contributed by atoms with Crippen LogP contribution in [-0.2, 0) is 4.79 Å². The van der Waals surface area contributed by atoms with E-state index in [9.17, 15) is 4.79 Å². The van der Waals surface area contributed by atoms with Gasteiger partial charge >= 0.3 is 0 Å². The molecule has 0 atom stereocenters. The predicted molar refractivity (Wildman–Crippen MR) is 53.9 cm³/mol. The molecule has 1 aromatic heterocycles. The van der Waals surface area contributed by atoms with Gasteiger partial charge in [-0.15, -0.1) is 4.80 Å². The smallest absolute Gasteiger partial charge is 0.211 e. The van der Waals surface area contributed by atoms with Crippen molar-refractivity contribution < 1.29 is 4.79 Å². The molecule has 0 amide bonds. The zero-order valence-electron chi connectivity index (χ0n) is 8.08. The number of nitrogens with zero attached hydrogens (tertiary/aromatic N) is 4. The van der Waals surface area contributed by atoms with Gasteiger partial charge in [0.1, 0.15) is 11.4 Å². The summed E-state index contributed by atoms with van der Waals surface area (Å²) in [4.78, 5) is 15.2. The minimum absolute atomic E-state index is 0.503. The van der Waals surface area contributed by atoms with Crippen LogP contribution in [-0.4, -0.2) is 21.1 Å². The molecule has 2 aromatic rings. The van der Waals surface area contributed by atoms with Crippen LogP contribution in [0.3, 0.4) is 0 Å². The lowest BCUT2D eigenvalue weighted by Crippen LogP contribution is -1.98. The fourth-order valence-electron chi connectivity index (χ4n) is 1.23. The molecule has 74 valence electrons. The Labute approximate surface area is 86.1 Å². The Bertz CT molecular complexity index is 526. The summed E-state index contributed by atoms with van der Waals surface area (Å²) >= 11 is 0. The van der Waals surface area contributed by atoms with E-state index in [1.54, 1.807) is 24.4 Å². The third-order valence-electron chi connectivity index (χ3n) is 1.87. The maximum atomic E-state index is 10.2. The van der Waals surface area contributed by atoms with Gasteiger partial charge in [-0.2, -0.15) is 15.2 Å². The van der Waals surface area contributed by atoms with Crippen LogP contribution in [0.2, 0.25) is 0 Å². The van der Waals surface area contributed by atoms with Crippen LogP contribution in [0.15, 0.2) is 35.5 Å². The van der Waals surface area contributed by atoms with Gasteiger partial charge in [0, 0.05) is 0 Å². The van der Waals surface area contributed by atoms with E-state index in [0.717, 1.165) is 5.69 Å². The van der Waals surface area contributed by atoms with Crippen LogP contribution in [0, 0.1) is 6.92 Å². The summed E-state index contributed by atoms with van der Waals surface area (Å²) in [5.41, 5.74) is 1.97. The Morgan fingerprint density at radius 1 is 1.40 bits per heavy atom. The van der Waals surface area contributed by atoms with Gasteiger partial charge < -0.3 is 0 Å². The number of hydrogen-bond donors (Lipinski definition) is 0. The van der Waals surface area contributed by atoms with Gasteiger partial charge in [-0.1, -0.05) is 12.1 Å². The maximum Gasteiger partial charge on any atom is 0.240 e. The number of rotatable bonds is 2. The molecular formula is C10H8N4O. The highest BCUT2D eigenvalue weighted by Crippen LogP contribution is 2.20. The lowest BCUT2D eigenvalue weighted by molar-refractivity contribution is 0.565. The van der Waals surface area contributed by atoms with Crippen LogP contribution in [0.4, 0.5) is 5.69 Å². The summed E-state index contributed by atoms with van der Waals surface area (Å²) in [7, 11) is 0. The van der Waals surface area contributed by atoms with Crippen LogP contribution in [0.5, 0.6) is 0 Å². The molecular weight excluding hydrogens is 192 g/mol. The van der Waals surface area contributed by atoms with Gasteiger partial charge in [0.15, 0.2) is 0 Å². The van der Waals surface area contributed by atoms with Crippen molar-refractivity contribution >= 4 is 11.8 Å². The van der Waals surface area contributed by atoms with Crippen LogP contribution in [0.25, 0.3) is 5.69 Å². The van der Waals surface area contributed by atoms with Gasteiger partial charge in [-0.25, -0.2) is 4.79 Å². The number of hydrogen-bond acceptors (Lipinski definition) is 4. The van der Waals surface area contributed by atoms with Crippen molar-refractivity contribution in [3.05, 3.63) is 36.2 Å². The number of isocyanates is 1. The molecule has 0 fully saturated rings. The average Bonchev–Trinajstić information content (AvgIpc) is 2.66. The summed E-state index contributed by atoms with van der Waals surface area (Å²) < 4.78 is 0. The summed E-state index contributed by atoms with van der Waals surface area (Å²) in [6, 6.07) is 7.11. The molecule has 0 spiro atoms. The number of carbonyl (C=O) groups excluding carboxylic acids is 1. The normalized spacial score (nSPS) is 9.67. The SMILES string of the molecule is Cc1cnn(-c2ccccc2N=C=O)n1. The minimum Gasteiger partial charge on any atom is -0.211 e. The van der Waals surface area contributed by atoms with Crippen molar-refractivity contribution in [1.29, 1.82) is 0 Å². The van der Waals surface area contributed by atoms with Crippen molar-refractivity contribution in [2.24, 2.45) is 4.99 Å². The molecule has 0 aliphatic heterocycles. The van der Waals surface area contributed by atoms with Crippen molar-refractivity contribution in [1.82, 2.24) is 15.0 Å². The summed E-state index contributed by atoms with van der Waals surface area (Å²) in [6.07, 6.45) is 3.15. The summed E-state index contributed by atoms with van der Waals surface area (Å²) in [6.45, 7) is 1.84. The first-order valence-corrected chi connectivity index (χ1v) is 4.37. The quantitative estimate of drug-likeness (QED) is 0.545. The number of benzene rings is 1. The second-order valence-electron chi connectivity index (χ2n) is 2.97. The van der Waals surface area contributed by atoms with E-state index in [4.69, 9.17) is 0 Å². The van der Waals surface area contributed by atoms with E-state index in [1.807, 2.05) is 13.0 Å². The Morgan fingerprint density at radius 3 is 2.87 bits per heavy atom. The summed E-state index contributed by atoms with van der Waals surface area (Å²) in [5.74, 6) is 0. The Kier molecular flexibility index (Phi) is 2.39. The van der Waals surface area contributed by atoms with Crippen molar-refractivity contribution in [3.8, 4) is 5.69 Å². The van der Waals surface area contributed by atoms with Crippen molar-refractivity contribution in [2.45, 2.75) is 6.92 Å². The molecule has 0 N–H and O–H groups in total. The lowest BCUT2D eigenvalue weighted by atomic mass is 10.3. The predicted octanol–water partition coefficient (Wildman–Crippen LogP) is 1.54. The Balaban J connectivity index is 2.56. The molecule has 5 heteroatoms. The second kappa shape index (κ2) is 3.86. The molecule has 2 rings (SSSR count). The van der Waals surface area contributed by atoms with Gasteiger partial charge in [-0.05, 0) is 19.1 Å². The molecule has 15 heavy (non-hydrogen) atoms. The first-order chi connectivity index (χ1) is 7.31. The van der Waals surface area contributed by atoms with E-state index >= 15 is 0 Å². The van der Waals surface area contributed by atoms with Crippen molar-refractivity contribution in [2.75, 3.05) is 0 Å². The Morgan fingerprint density at radius 2 is 2.20 bits per heavy atom. The number of para-hydroxylation sites is 2.